The van der Waals surface area contributed by atoms with Gasteiger partial charge >= 0.3 is 6.01 Å². The van der Waals surface area contributed by atoms with Crippen molar-refractivity contribution in [2.75, 3.05) is 37.7 Å². The number of benzene rings is 1. The Labute approximate surface area is 246 Å². The average molecular weight is 596 g/mol. The molecule has 4 fully saturated rings. The highest BCUT2D eigenvalue weighted by Crippen LogP contribution is 2.42. The Morgan fingerprint density at radius 2 is 2.00 bits per heavy atom. The molecule has 1 N–H and O–H groups in total. The van der Waals surface area contributed by atoms with Crippen LogP contribution in [0.3, 0.4) is 0 Å². The summed E-state index contributed by atoms with van der Waals surface area (Å²) >= 11 is 6.57. The first-order valence-corrected chi connectivity index (χ1v) is 15.1. The number of H-pyrrole nitrogens is 1. The summed E-state index contributed by atoms with van der Waals surface area (Å²) in [6.45, 7) is 6.58. The second-order valence-corrected chi connectivity index (χ2v) is 12.7. The van der Waals surface area contributed by atoms with Crippen LogP contribution >= 0.6 is 11.6 Å². The van der Waals surface area contributed by atoms with Gasteiger partial charge in [-0.1, -0.05) is 11.6 Å². The normalized spacial score (nSPS) is 27.5. The molecule has 4 aliphatic rings. The summed E-state index contributed by atoms with van der Waals surface area (Å²) in [6.07, 6.45) is 5.24. The molecular weight excluding hydrogens is 564 g/mol. The van der Waals surface area contributed by atoms with Crippen molar-refractivity contribution in [2.45, 2.75) is 69.9 Å². The summed E-state index contributed by atoms with van der Waals surface area (Å²) in [6, 6.07) is 1.86. The Kier molecular flexibility index (Phi) is 6.10. The molecule has 2 bridgehead atoms. The van der Waals surface area contributed by atoms with E-state index in [4.69, 9.17) is 26.1 Å². The number of nitrogens with zero attached hydrogens (tertiary/aromatic N) is 6. The van der Waals surface area contributed by atoms with Crippen LogP contribution in [0.4, 0.5) is 14.6 Å². The number of halogens is 3. The lowest BCUT2D eigenvalue weighted by molar-refractivity contribution is 0.0302. The van der Waals surface area contributed by atoms with Crippen LogP contribution in [0.15, 0.2) is 12.3 Å². The van der Waals surface area contributed by atoms with Crippen molar-refractivity contribution in [1.82, 2.24) is 30.0 Å². The molecule has 0 saturated carbocycles. The van der Waals surface area contributed by atoms with E-state index >= 15 is 4.39 Å². The molecule has 4 aromatic rings. The smallest absolute Gasteiger partial charge is 0.319 e. The van der Waals surface area contributed by atoms with E-state index in [1.807, 2.05) is 13.8 Å². The fraction of sp³-hybridized carbons (Fsp3) is 0.533. The number of rotatable bonds is 5. The number of aryl methyl sites for hydroxylation is 1. The first-order chi connectivity index (χ1) is 20.3. The van der Waals surface area contributed by atoms with Gasteiger partial charge in [-0.15, -0.1) is 0 Å². The van der Waals surface area contributed by atoms with E-state index < -0.39 is 12.0 Å². The van der Waals surface area contributed by atoms with Gasteiger partial charge in [-0.3, -0.25) is 15.0 Å². The molecule has 220 valence electrons. The zero-order chi connectivity index (χ0) is 28.7. The molecule has 0 spiro atoms. The van der Waals surface area contributed by atoms with Crippen LogP contribution in [-0.4, -0.2) is 86.8 Å². The third-order valence-corrected chi connectivity index (χ3v) is 10.1. The van der Waals surface area contributed by atoms with Crippen molar-refractivity contribution in [2.24, 2.45) is 0 Å². The molecule has 0 amide bonds. The van der Waals surface area contributed by atoms with Crippen LogP contribution in [0, 0.1) is 19.7 Å². The van der Waals surface area contributed by atoms with E-state index in [-0.39, 0.29) is 41.6 Å². The third kappa shape index (κ3) is 4.07. The molecule has 4 atom stereocenters. The van der Waals surface area contributed by atoms with Crippen LogP contribution in [-0.2, 0) is 4.74 Å². The minimum Gasteiger partial charge on any atom is -0.461 e. The summed E-state index contributed by atoms with van der Waals surface area (Å²) in [5, 5.41) is 9.08. The van der Waals surface area contributed by atoms with Crippen molar-refractivity contribution in [3.05, 3.63) is 34.4 Å². The lowest BCUT2D eigenvalue weighted by atomic mass is 9.95. The van der Waals surface area contributed by atoms with Crippen LogP contribution in [0.1, 0.15) is 43.4 Å². The predicted octanol–water partition coefficient (Wildman–Crippen LogP) is 5.30. The highest BCUT2D eigenvalue weighted by Gasteiger charge is 2.49. The first kappa shape index (κ1) is 26.5. The summed E-state index contributed by atoms with van der Waals surface area (Å²) in [5.74, 6) is 0.00557. The van der Waals surface area contributed by atoms with Crippen LogP contribution in [0.5, 0.6) is 6.01 Å². The number of anilines is 1. The summed E-state index contributed by atoms with van der Waals surface area (Å²) in [4.78, 5) is 18.4. The van der Waals surface area contributed by atoms with E-state index in [1.54, 1.807) is 12.3 Å². The molecule has 8 rings (SSSR count). The van der Waals surface area contributed by atoms with E-state index in [0.717, 1.165) is 43.3 Å². The number of aromatic amines is 1. The standard InChI is InChI=1S/C30H32ClF2N7O2/c1-15-21(31)8-22-24(16(2)37-38-22)23(15)27-25(33)26-20(10-34-27)28(39-12-18-4-5-19(13-39)42-18)36-29(35-26)41-14-30-6-3-7-40(30)11-17(32)9-30/h8,10,17-19H,3-7,9,11-14H2,1-2H3,(H,37,38)/t17-,18?,19?,30+/m1/s1. The number of morpholine rings is 1. The number of nitrogens with one attached hydrogen (secondary N) is 1. The topological polar surface area (TPSA) is 92.3 Å². The molecule has 0 aliphatic carbocycles. The van der Waals surface area contributed by atoms with Gasteiger partial charge in [0.15, 0.2) is 5.82 Å². The molecule has 4 aliphatic heterocycles. The quantitative estimate of drug-likeness (QED) is 0.332. The Morgan fingerprint density at radius 3 is 2.81 bits per heavy atom. The zero-order valence-corrected chi connectivity index (χ0v) is 24.3. The Morgan fingerprint density at radius 1 is 1.19 bits per heavy atom. The van der Waals surface area contributed by atoms with Gasteiger partial charge in [0, 0.05) is 53.9 Å². The van der Waals surface area contributed by atoms with Crippen LogP contribution < -0.4 is 9.64 Å². The highest BCUT2D eigenvalue weighted by molar-refractivity contribution is 6.33. The van der Waals surface area contributed by atoms with Gasteiger partial charge in [0.05, 0.1) is 28.6 Å². The number of ether oxygens (including phenoxy) is 2. The van der Waals surface area contributed by atoms with Gasteiger partial charge in [-0.25, -0.2) is 8.78 Å². The number of hydrogen-bond acceptors (Lipinski definition) is 8. The maximum atomic E-state index is 16.7. The maximum absolute atomic E-state index is 16.7. The Hall–Kier alpha value is -3.15. The van der Waals surface area contributed by atoms with Gasteiger partial charge in [0.2, 0.25) is 0 Å². The SMILES string of the molecule is Cc1c(Cl)cc2n[nH]c(C)c2c1-c1ncc2c(N3CC4CCC(C3)O4)nc(OC[C@@]34CCCN3C[C@H](F)C4)nc2c1F. The van der Waals surface area contributed by atoms with Crippen LogP contribution in [0.2, 0.25) is 5.02 Å². The zero-order valence-electron chi connectivity index (χ0n) is 23.6. The molecule has 0 radical (unpaired) electrons. The van der Waals surface area contributed by atoms with Gasteiger partial charge in [-0.05, 0) is 57.7 Å². The molecule has 4 saturated heterocycles. The van der Waals surface area contributed by atoms with E-state index in [0.29, 0.717) is 58.9 Å². The summed E-state index contributed by atoms with van der Waals surface area (Å²) in [7, 11) is 0. The van der Waals surface area contributed by atoms with Crippen molar-refractivity contribution in [1.29, 1.82) is 0 Å². The van der Waals surface area contributed by atoms with E-state index in [1.165, 1.54) is 0 Å². The lowest BCUT2D eigenvalue weighted by Crippen LogP contribution is -2.44. The average Bonchev–Trinajstić information content (AvgIpc) is 3.71. The molecule has 2 unspecified atom stereocenters. The predicted molar refractivity (Wildman–Crippen MR) is 156 cm³/mol. The number of alkyl halides is 1. The minimum atomic E-state index is -0.874. The van der Waals surface area contributed by atoms with E-state index in [9.17, 15) is 4.39 Å². The number of hydrogen-bond donors (Lipinski definition) is 1. The van der Waals surface area contributed by atoms with Crippen molar-refractivity contribution >= 4 is 39.2 Å². The van der Waals surface area contributed by atoms with E-state index in [2.05, 4.69) is 30.0 Å². The second kappa shape index (κ2) is 9.68. The van der Waals surface area contributed by atoms with Crippen LogP contribution in [0.25, 0.3) is 33.1 Å². The van der Waals surface area contributed by atoms with Gasteiger partial charge in [0.25, 0.3) is 0 Å². The number of fused-ring (bicyclic) bond motifs is 5. The van der Waals surface area contributed by atoms with Crippen molar-refractivity contribution < 1.29 is 18.3 Å². The van der Waals surface area contributed by atoms with Gasteiger partial charge in [0.1, 0.15) is 29.8 Å². The molecular formula is C30H32ClF2N7O2. The first-order valence-electron chi connectivity index (χ1n) is 14.7. The molecule has 3 aromatic heterocycles. The largest absolute Gasteiger partial charge is 0.461 e. The molecule has 12 heteroatoms. The monoisotopic (exact) mass is 595 g/mol. The van der Waals surface area contributed by atoms with Crippen molar-refractivity contribution in [3.8, 4) is 17.3 Å². The fourth-order valence-corrected chi connectivity index (χ4v) is 7.83. The Balaban J connectivity index is 1.27. The lowest BCUT2D eigenvalue weighted by Gasteiger charge is -2.34. The molecule has 9 nitrogen and oxygen atoms in total. The highest BCUT2D eigenvalue weighted by atomic mass is 35.5. The summed E-state index contributed by atoms with van der Waals surface area (Å²) in [5.41, 5.74) is 2.61. The molecule has 1 aromatic carbocycles. The minimum absolute atomic E-state index is 0.0865. The fourth-order valence-electron chi connectivity index (χ4n) is 7.64. The third-order valence-electron chi connectivity index (χ3n) is 9.68. The molecule has 42 heavy (non-hydrogen) atoms. The summed E-state index contributed by atoms with van der Waals surface area (Å²) < 4.78 is 43.5. The Bertz CT molecular complexity index is 1720. The maximum Gasteiger partial charge on any atom is 0.319 e. The van der Waals surface area contributed by atoms with Crippen molar-refractivity contribution in [3.63, 3.8) is 0 Å². The number of pyridine rings is 1. The second-order valence-electron chi connectivity index (χ2n) is 12.3. The van der Waals surface area contributed by atoms with Gasteiger partial charge < -0.3 is 14.4 Å². The molecule has 7 heterocycles. The van der Waals surface area contributed by atoms with Gasteiger partial charge in [-0.2, -0.15) is 15.1 Å². The number of aromatic nitrogens is 5.